The molecule has 0 aliphatic heterocycles. The monoisotopic (exact) mass is 280 g/mol. The molecular formula is C10H14F2N2O3S. The van der Waals surface area contributed by atoms with E-state index in [1.54, 1.807) is 0 Å². The summed E-state index contributed by atoms with van der Waals surface area (Å²) in [6, 6.07) is 3.80. The van der Waals surface area contributed by atoms with E-state index in [1.165, 1.54) is 25.3 Å². The van der Waals surface area contributed by atoms with E-state index in [-0.39, 0.29) is 16.3 Å². The summed E-state index contributed by atoms with van der Waals surface area (Å²) in [5.74, 6) is 0.182. The minimum atomic E-state index is -3.97. The first-order valence-corrected chi connectivity index (χ1v) is 6.41. The number of ether oxygens (including phenoxy) is 1. The second-order valence-corrected chi connectivity index (χ2v) is 5.63. The fourth-order valence-electron chi connectivity index (χ4n) is 1.32. The molecule has 1 aromatic carbocycles. The number of sulfonamides is 1. The molecule has 0 atom stereocenters. The quantitative estimate of drug-likeness (QED) is 0.822. The minimum Gasteiger partial charge on any atom is -0.495 e. The van der Waals surface area contributed by atoms with Crippen LogP contribution in [0.15, 0.2) is 23.1 Å². The van der Waals surface area contributed by atoms with E-state index in [4.69, 9.17) is 10.5 Å². The maximum Gasteiger partial charge on any atom is 0.252 e. The van der Waals surface area contributed by atoms with Crippen molar-refractivity contribution in [2.75, 3.05) is 26.4 Å². The van der Waals surface area contributed by atoms with Crippen molar-refractivity contribution in [1.82, 2.24) is 4.31 Å². The number of nitrogen functional groups attached to an aromatic ring is 1. The Morgan fingerprint density at radius 3 is 2.56 bits per heavy atom. The molecule has 0 fully saturated rings. The van der Waals surface area contributed by atoms with Crippen molar-refractivity contribution in [2.45, 2.75) is 11.3 Å². The van der Waals surface area contributed by atoms with E-state index in [2.05, 4.69) is 0 Å². The average molecular weight is 280 g/mol. The molecule has 0 saturated heterocycles. The molecule has 0 aliphatic rings. The number of alkyl halides is 2. The SMILES string of the molecule is COc1cc(S(=O)(=O)N(C)CC(F)F)ccc1N. The molecule has 18 heavy (non-hydrogen) atoms. The van der Waals surface area contributed by atoms with Crippen LogP contribution in [0.3, 0.4) is 0 Å². The number of anilines is 1. The highest BCUT2D eigenvalue weighted by Crippen LogP contribution is 2.26. The molecule has 1 rings (SSSR count). The van der Waals surface area contributed by atoms with Crippen LogP contribution in [0.25, 0.3) is 0 Å². The normalized spacial score (nSPS) is 12.1. The Labute approximate surface area is 104 Å². The van der Waals surface area contributed by atoms with Gasteiger partial charge in [-0.15, -0.1) is 0 Å². The van der Waals surface area contributed by atoms with E-state index in [0.717, 1.165) is 7.05 Å². The van der Waals surface area contributed by atoms with Crippen LogP contribution in [0.2, 0.25) is 0 Å². The zero-order chi connectivity index (χ0) is 13.9. The molecule has 8 heteroatoms. The van der Waals surface area contributed by atoms with Crippen LogP contribution >= 0.6 is 0 Å². The molecule has 102 valence electrons. The lowest BCUT2D eigenvalue weighted by molar-refractivity contribution is 0.126. The highest BCUT2D eigenvalue weighted by molar-refractivity contribution is 7.89. The third-order valence-electron chi connectivity index (χ3n) is 2.31. The van der Waals surface area contributed by atoms with Crippen molar-refractivity contribution in [3.63, 3.8) is 0 Å². The summed E-state index contributed by atoms with van der Waals surface area (Å²) in [6.45, 7) is -0.866. The standard InChI is InChI=1S/C10H14F2N2O3S/c1-14(6-10(11)12)18(15,16)7-3-4-8(13)9(5-7)17-2/h3-5,10H,6,13H2,1-2H3. The van der Waals surface area contributed by atoms with Crippen molar-refractivity contribution >= 4 is 15.7 Å². The highest BCUT2D eigenvalue weighted by Gasteiger charge is 2.24. The number of nitrogens with zero attached hydrogens (tertiary/aromatic N) is 1. The molecule has 0 aromatic heterocycles. The van der Waals surface area contributed by atoms with Crippen LogP contribution in [-0.2, 0) is 10.0 Å². The predicted molar refractivity (Wildman–Crippen MR) is 63.2 cm³/mol. The molecule has 1 aromatic rings. The van der Waals surface area contributed by atoms with Crippen LogP contribution in [0.5, 0.6) is 5.75 Å². The third-order valence-corrected chi connectivity index (χ3v) is 4.13. The van der Waals surface area contributed by atoms with Gasteiger partial charge in [0.15, 0.2) is 0 Å². The lowest BCUT2D eigenvalue weighted by atomic mass is 10.3. The van der Waals surface area contributed by atoms with Crippen LogP contribution < -0.4 is 10.5 Å². The van der Waals surface area contributed by atoms with Crippen molar-refractivity contribution < 1.29 is 21.9 Å². The molecule has 0 saturated carbocycles. The smallest absolute Gasteiger partial charge is 0.252 e. The number of methoxy groups -OCH3 is 1. The second-order valence-electron chi connectivity index (χ2n) is 3.58. The Kier molecular flexibility index (Phi) is 4.47. The van der Waals surface area contributed by atoms with E-state index in [9.17, 15) is 17.2 Å². The van der Waals surface area contributed by atoms with Crippen molar-refractivity contribution in [2.24, 2.45) is 0 Å². The van der Waals surface area contributed by atoms with Crippen molar-refractivity contribution in [3.05, 3.63) is 18.2 Å². The molecule has 0 heterocycles. The molecule has 0 radical (unpaired) electrons. The fourth-order valence-corrected chi connectivity index (χ4v) is 2.49. The summed E-state index contributed by atoms with van der Waals surface area (Å²) in [6.07, 6.45) is -2.74. The molecule has 5 nitrogen and oxygen atoms in total. The van der Waals surface area contributed by atoms with Gasteiger partial charge in [0.25, 0.3) is 6.43 Å². The third kappa shape index (κ3) is 3.08. The first-order chi connectivity index (χ1) is 8.28. The van der Waals surface area contributed by atoms with Gasteiger partial charge in [-0.2, -0.15) is 4.31 Å². The van der Waals surface area contributed by atoms with Gasteiger partial charge >= 0.3 is 0 Å². The summed E-state index contributed by atoms with van der Waals surface area (Å²) in [5, 5.41) is 0. The lowest BCUT2D eigenvalue weighted by Crippen LogP contribution is -2.31. The van der Waals surface area contributed by atoms with Crippen molar-refractivity contribution in [3.8, 4) is 5.75 Å². The zero-order valence-electron chi connectivity index (χ0n) is 9.93. The lowest BCUT2D eigenvalue weighted by Gasteiger charge is -2.17. The summed E-state index contributed by atoms with van der Waals surface area (Å²) >= 11 is 0. The highest BCUT2D eigenvalue weighted by atomic mass is 32.2. The molecular weight excluding hydrogens is 266 g/mol. The minimum absolute atomic E-state index is 0.142. The maximum absolute atomic E-state index is 12.2. The van der Waals surface area contributed by atoms with Gasteiger partial charge in [0.1, 0.15) is 5.75 Å². The summed E-state index contributed by atoms with van der Waals surface area (Å²) in [5.41, 5.74) is 5.82. The number of hydrogen-bond donors (Lipinski definition) is 1. The number of hydrogen-bond acceptors (Lipinski definition) is 4. The second kappa shape index (κ2) is 5.49. The zero-order valence-corrected chi connectivity index (χ0v) is 10.7. The molecule has 2 N–H and O–H groups in total. The molecule has 0 amide bonds. The number of halogens is 2. The largest absolute Gasteiger partial charge is 0.495 e. The number of nitrogens with two attached hydrogens (primary N) is 1. The Balaban J connectivity index is 3.12. The first-order valence-electron chi connectivity index (χ1n) is 4.97. The van der Waals surface area contributed by atoms with Gasteiger partial charge in [-0.1, -0.05) is 0 Å². The Morgan fingerprint density at radius 2 is 2.06 bits per heavy atom. The van der Waals surface area contributed by atoms with Crippen LogP contribution in [0, 0.1) is 0 Å². The van der Waals surface area contributed by atoms with E-state index in [1.807, 2.05) is 0 Å². The fraction of sp³-hybridized carbons (Fsp3) is 0.400. The number of rotatable bonds is 5. The van der Waals surface area contributed by atoms with Gasteiger partial charge in [-0.25, -0.2) is 17.2 Å². The average Bonchev–Trinajstić information content (AvgIpc) is 2.28. The van der Waals surface area contributed by atoms with Crippen LogP contribution in [0.1, 0.15) is 0 Å². The molecule has 0 unspecified atom stereocenters. The van der Waals surface area contributed by atoms with Gasteiger partial charge in [0, 0.05) is 13.1 Å². The van der Waals surface area contributed by atoms with Crippen LogP contribution in [0.4, 0.5) is 14.5 Å². The first kappa shape index (κ1) is 14.7. The van der Waals surface area contributed by atoms with E-state index >= 15 is 0 Å². The number of benzene rings is 1. The van der Waals surface area contributed by atoms with Crippen molar-refractivity contribution in [1.29, 1.82) is 0 Å². The van der Waals surface area contributed by atoms with E-state index < -0.39 is 23.0 Å². The molecule has 0 spiro atoms. The van der Waals surface area contributed by atoms with E-state index in [0.29, 0.717) is 4.31 Å². The van der Waals surface area contributed by atoms with Gasteiger partial charge in [-0.05, 0) is 12.1 Å². The Hall–Kier alpha value is -1.41. The van der Waals surface area contributed by atoms with Gasteiger partial charge in [0.05, 0.1) is 24.2 Å². The predicted octanol–water partition coefficient (Wildman–Crippen LogP) is 1.16. The van der Waals surface area contributed by atoms with Gasteiger partial charge in [-0.3, -0.25) is 0 Å². The molecule has 0 aliphatic carbocycles. The topological polar surface area (TPSA) is 72.6 Å². The van der Waals surface area contributed by atoms with Gasteiger partial charge in [0.2, 0.25) is 10.0 Å². The Bertz CT molecular complexity index is 520. The Morgan fingerprint density at radius 1 is 1.44 bits per heavy atom. The van der Waals surface area contributed by atoms with Crippen LogP contribution in [-0.4, -0.2) is 39.9 Å². The maximum atomic E-state index is 12.2. The molecule has 0 bridgehead atoms. The van der Waals surface area contributed by atoms with Gasteiger partial charge < -0.3 is 10.5 Å². The summed E-state index contributed by atoms with van der Waals surface area (Å²) < 4.78 is 53.7. The summed E-state index contributed by atoms with van der Waals surface area (Å²) in [4.78, 5) is -0.142. The summed E-state index contributed by atoms with van der Waals surface area (Å²) in [7, 11) is -1.54.